The molecule has 2 heterocycles. The molecule has 1 atom stereocenters. The number of benzene rings is 2. The summed E-state index contributed by atoms with van der Waals surface area (Å²) in [4.78, 5) is 0. The number of nitrogens with zero attached hydrogens (tertiary/aromatic N) is 1. The van der Waals surface area contributed by atoms with Crippen LogP contribution in [0.3, 0.4) is 0 Å². The van der Waals surface area contributed by atoms with Gasteiger partial charge in [0.2, 0.25) is 0 Å². The van der Waals surface area contributed by atoms with E-state index >= 15 is 0 Å². The Hall–Kier alpha value is -2.13. The van der Waals surface area contributed by atoms with Crippen LogP contribution in [0, 0.1) is 12.7 Å². The van der Waals surface area contributed by atoms with Crippen LogP contribution in [0.5, 0.6) is 0 Å². The van der Waals surface area contributed by atoms with Crippen molar-refractivity contribution in [2.24, 2.45) is 0 Å². The molecule has 0 radical (unpaired) electrons. The normalized spacial score (nSPS) is 16.4. The summed E-state index contributed by atoms with van der Waals surface area (Å²) < 4.78 is 16.8. The van der Waals surface area contributed by atoms with Gasteiger partial charge in [-0.2, -0.15) is 0 Å². The average molecular weight is 293 g/mol. The van der Waals surface area contributed by atoms with E-state index in [1.165, 1.54) is 16.6 Å². The Kier molecular flexibility index (Phi) is 2.82. The highest BCUT2D eigenvalue weighted by Crippen LogP contribution is 2.23. The molecule has 3 heteroatoms. The van der Waals surface area contributed by atoms with Crippen LogP contribution >= 0.6 is 0 Å². The molecule has 1 aliphatic heterocycles. The van der Waals surface area contributed by atoms with Crippen LogP contribution < -0.4 is 10.4 Å². The molecule has 0 unspecified atom stereocenters. The third-order valence-corrected chi connectivity index (χ3v) is 7.68. The molecular formula is C18H16FNSi. The summed E-state index contributed by atoms with van der Waals surface area (Å²) in [5.41, 5.74) is 3.53. The maximum Gasteiger partial charge on any atom is 0.124 e. The maximum atomic E-state index is 14.6. The van der Waals surface area contributed by atoms with E-state index in [2.05, 4.69) is 54.0 Å². The van der Waals surface area contributed by atoms with Gasteiger partial charge >= 0.3 is 0 Å². The minimum Gasteiger partial charge on any atom is -0.319 e. The SMILES string of the molecule is Cc1ccc2n1-c1cccc(F)c1[Si@@H](c1ccccc1)C2. The second kappa shape index (κ2) is 4.71. The lowest BCUT2D eigenvalue weighted by atomic mass is 10.3. The van der Waals surface area contributed by atoms with Gasteiger partial charge in [-0.15, -0.1) is 0 Å². The molecule has 0 spiro atoms. The first-order valence-electron chi connectivity index (χ1n) is 7.26. The van der Waals surface area contributed by atoms with Gasteiger partial charge in [0.15, 0.2) is 0 Å². The second-order valence-corrected chi connectivity index (χ2v) is 8.40. The van der Waals surface area contributed by atoms with Crippen molar-refractivity contribution in [3.63, 3.8) is 0 Å². The van der Waals surface area contributed by atoms with Crippen LogP contribution in [0.2, 0.25) is 0 Å². The van der Waals surface area contributed by atoms with Crippen LogP contribution in [0.25, 0.3) is 5.69 Å². The molecule has 0 aliphatic carbocycles. The van der Waals surface area contributed by atoms with Crippen LogP contribution in [0.1, 0.15) is 11.4 Å². The maximum absolute atomic E-state index is 14.6. The van der Waals surface area contributed by atoms with Gasteiger partial charge in [-0.25, -0.2) is 4.39 Å². The number of aromatic nitrogens is 1. The molecule has 0 saturated heterocycles. The Bertz CT molecular complexity index is 807. The van der Waals surface area contributed by atoms with E-state index in [9.17, 15) is 4.39 Å². The van der Waals surface area contributed by atoms with Crippen molar-refractivity contribution in [2.75, 3.05) is 0 Å². The average Bonchev–Trinajstić information content (AvgIpc) is 2.89. The summed E-state index contributed by atoms with van der Waals surface area (Å²) in [6, 6.07) is 21.2. The molecule has 0 N–H and O–H groups in total. The molecule has 2 aromatic carbocycles. The topological polar surface area (TPSA) is 4.93 Å². The Morgan fingerprint density at radius 3 is 2.57 bits per heavy atom. The molecule has 1 aromatic heterocycles. The van der Waals surface area contributed by atoms with Gasteiger partial charge in [-0.1, -0.05) is 41.6 Å². The predicted molar refractivity (Wildman–Crippen MR) is 87.0 cm³/mol. The minimum absolute atomic E-state index is 0.0493. The highest BCUT2D eigenvalue weighted by Gasteiger charge is 2.30. The summed E-state index contributed by atoms with van der Waals surface area (Å²) in [6.07, 6.45) is 0. The van der Waals surface area contributed by atoms with Crippen molar-refractivity contribution < 1.29 is 4.39 Å². The fourth-order valence-corrected chi connectivity index (χ4v) is 6.65. The highest BCUT2D eigenvalue weighted by molar-refractivity contribution is 6.85. The van der Waals surface area contributed by atoms with E-state index < -0.39 is 8.80 Å². The Morgan fingerprint density at radius 1 is 0.952 bits per heavy atom. The van der Waals surface area contributed by atoms with E-state index in [1.807, 2.05) is 12.1 Å². The molecule has 104 valence electrons. The zero-order valence-corrected chi connectivity index (χ0v) is 13.0. The third-order valence-electron chi connectivity index (χ3n) is 4.39. The Morgan fingerprint density at radius 2 is 1.76 bits per heavy atom. The number of aryl methyl sites for hydroxylation is 1. The van der Waals surface area contributed by atoms with E-state index in [4.69, 9.17) is 0 Å². The van der Waals surface area contributed by atoms with Gasteiger partial charge in [0.05, 0.1) is 0 Å². The second-order valence-electron chi connectivity index (χ2n) is 5.64. The molecule has 1 nitrogen and oxygen atoms in total. The number of hydrogen-bond donors (Lipinski definition) is 0. The number of fused-ring (bicyclic) bond motifs is 3. The summed E-state index contributed by atoms with van der Waals surface area (Å²) in [7, 11) is -1.54. The van der Waals surface area contributed by atoms with Gasteiger partial charge in [-0.05, 0) is 37.2 Å². The Balaban J connectivity index is 1.99. The van der Waals surface area contributed by atoms with Crippen LogP contribution in [-0.2, 0) is 6.04 Å². The Labute approximate surface area is 125 Å². The molecule has 21 heavy (non-hydrogen) atoms. The molecule has 0 fully saturated rings. The number of rotatable bonds is 1. The first kappa shape index (κ1) is 12.6. The summed E-state index contributed by atoms with van der Waals surface area (Å²) in [5, 5.41) is 2.27. The van der Waals surface area contributed by atoms with Crippen LogP contribution in [0.4, 0.5) is 4.39 Å². The third kappa shape index (κ3) is 1.88. The lowest BCUT2D eigenvalue weighted by molar-refractivity contribution is 0.633. The van der Waals surface area contributed by atoms with Crippen molar-refractivity contribution in [1.82, 2.24) is 4.57 Å². The standard InChI is InChI=1S/C18H16FNSi/c1-13-10-11-14-12-21(15-6-3-2-4-7-15)18-16(19)8-5-9-17(18)20(13)14/h2-11,21H,12H2,1H3/t21-/m1/s1. The predicted octanol–water partition coefficient (Wildman–Crippen LogP) is 2.36. The first-order valence-corrected chi connectivity index (χ1v) is 9.24. The van der Waals surface area contributed by atoms with E-state index in [0.717, 1.165) is 16.9 Å². The van der Waals surface area contributed by atoms with Crippen molar-refractivity contribution in [1.29, 1.82) is 0 Å². The minimum atomic E-state index is -1.54. The zero-order valence-electron chi connectivity index (χ0n) is 11.9. The lowest BCUT2D eigenvalue weighted by Gasteiger charge is -2.28. The quantitative estimate of drug-likeness (QED) is 0.607. The smallest absolute Gasteiger partial charge is 0.124 e. The van der Waals surface area contributed by atoms with Crippen LogP contribution in [-0.4, -0.2) is 13.4 Å². The van der Waals surface area contributed by atoms with Crippen molar-refractivity contribution in [2.45, 2.75) is 13.0 Å². The van der Waals surface area contributed by atoms with Gasteiger partial charge < -0.3 is 4.57 Å². The van der Waals surface area contributed by atoms with Gasteiger partial charge in [-0.3, -0.25) is 0 Å². The van der Waals surface area contributed by atoms with Crippen molar-refractivity contribution in [3.05, 3.63) is 77.9 Å². The number of halogens is 1. The van der Waals surface area contributed by atoms with Gasteiger partial charge in [0, 0.05) is 22.3 Å². The molecule has 0 amide bonds. The van der Waals surface area contributed by atoms with E-state index in [0.29, 0.717) is 0 Å². The molecular weight excluding hydrogens is 277 g/mol. The summed E-state index contributed by atoms with van der Waals surface area (Å²) in [5.74, 6) is -0.0493. The number of hydrogen-bond acceptors (Lipinski definition) is 0. The molecule has 4 rings (SSSR count). The fourth-order valence-electron chi connectivity index (χ4n) is 3.44. The van der Waals surface area contributed by atoms with E-state index in [1.54, 1.807) is 6.07 Å². The largest absolute Gasteiger partial charge is 0.319 e. The molecule has 0 saturated carbocycles. The summed E-state index contributed by atoms with van der Waals surface area (Å²) >= 11 is 0. The first-order chi connectivity index (χ1) is 10.3. The van der Waals surface area contributed by atoms with Crippen molar-refractivity contribution >= 4 is 19.2 Å². The fraction of sp³-hybridized carbons (Fsp3) is 0.111. The van der Waals surface area contributed by atoms with Crippen molar-refractivity contribution in [3.8, 4) is 5.69 Å². The molecule has 3 aromatic rings. The lowest BCUT2D eigenvalue weighted by Crippen LogP contribution is -2.50. The molecule has 0 bridgehead atoms. The monoisotopic (exact) mass is 293 g/mol. The van der Waals surface area contributed by atoms with Gasteiger partial charge in [0.1, 0.15) is 14.6 Å². The van der Waals surface area contributed by atoms with E-state index in [-0.39, 0.29) is 5.82 Å². The molecule has 1 aliphatic rings. The summed E-state index contributed by atoms with van der Waals surface area (Å²) in [6.45, 7) is 2.09. The highest BCUT2D eigenvalue weighted by atomic mass is 28.3. The van der Waals surface area contributed by atoms with Crippen LogP contribution in [0.15, 0.2) is 60.7 Å². The van der Waals surface area contributed by atoms with Gasteiger partial charge in [0.25, 0.3) is 0 Å². The zero-order chi connectivity index (χ0) is 14.4.